The SMILES string of the molecule is CCOc1ccccc1Oc1cccc(Cl)c1CNC. The topological polar surface area (TPSA) is 30.5 Å². The van der Waals surface area contributed by atoms with E-state index in [9.17, 15) is 0 Å². The molecule has 0 saturated carbocycles. The van der Waals surface area contributed by atoms with E-state index in [0.29, 0.717) is 23.9 Å². The highest BCUT2D eigenvalue weighted by atomic mass is 35.5. The Morgan fingerprint density at radius 1 is 1.00 bits per heavy atom. The number of rotatable bonds is 6. The van der Waals surface area contributed by atoms with Crippen molar-refractivity contribution < 1.29 is 9.47 Å². The molecule has 0 fully saturated rings. The molecule has 0 aliphatic carbocycles. The third-order valence-corrected chi connectivity index (χ3v) is 3.15. The van der Waals surface area contributed by atoms with Crippen LogP contribution in [-0.2, 0) is 6.54 Å². The zero-order valence-corrected chi connectivity index (χ0v) is 12.4. The van der Waals surface area contributed by atoms with Gasteiger partial charge in [0.1, 0.15) is 5.75 Å². The van der Waals surface area contributed by atoms with Crippen molar-refractivity contribution in [3.05, 3.63) is 53.1 Å². The minimum absolute atomic E-state index is 0.597. The molecule has 2 aromatic rings. The highest BCUT2D eigenvalue weighted by Crippen LogP contribution is 2.35. The van der Waals surface area contributed by atoms with Gasteiger partial charge < -0.3 is 14.8 Å². The average molecular weight is 292 g/mol. The average Bonchev–Trinajstić information content (AvgIpc) is 2.45. The third kappa shape index (κ3) is 3.44. The van der Waals surface area contributed by atoms with Gasteiger partial charge in [-0.3, -0.25) is 0 Å². The van der Waals surface area contributed by atoms with Gasteiger partial charge in [-0.25, -0.2) is 0 Å². The molecule has 106 valence electrons. The van der Waals surface area contributed by atoms with Crippen LogP contribution in [0.4, 0.5) is 0 Å². The fraction of sp³-hybridized carbons (Fsp3) is 0.250. The number of hydrogen-bond donors (Lipinski definition) is 1. The molecule has 0 radical (unpaired) electrons. The molecule has 0 aromatic heterocycles. The van der Waals surface area contributed by atoms with Crippen LogP contribution in [-0.4, -0.2) is 13.7 Å². The van der Waals surface area contributed by atoms with Crippen molar-refractivity contribution in [1.82, 2.24) is 5.32 Å². The first-order chi connectivity index (χ1) is 9.76. The van der Waals surface area contributed by atoms with Crippen molar-refractivity contribution in [2.24, 2.45) is 0 Å². The number of ether oxygens (including phenoxy) is 2. The fourth-order valence-electron chi connectivity index (χ4n) is 1.91. The van der Waals surface area contributed by atoms with Crippen molar-refractivity contribution in [2.45, 2.75) is 13.5 Å². The smallest absolute Gasteiger partial charge is 0.169 e. The molecule has 0 aliphatic heterocycles. The summed E-state index contributed by atoms with van der Waals surface area (Å²) in [5, 5.41) is 3.78. The van der Waals surface area contributed by atoms with Crippen molar-refractivity contribution in [2.75, 3.05) is 13.7 Å². The molecule has 0 bridgehead atoms. The normalized spacial score (nSPS) is 10.3. The minimum atomic E-state index is 0.597. The van der Waals surface area contributed by atoms with E-state index in [1.807, 2.05) is 56.4 Å². The van der Waals surface area contributed by atoms with Crippen LogP contribution in [0.5, 0.6) is 17.2 Å². The van der Waals surface area contributed by atoms with Crippen LogP contribution in [0.15, 0.2) is 42.5 Å². The monoisotopic (exact) mass is 291 g/mol. The number of para-hydroxylation sites is 2. The van der Waals surface area contributed by atoms with Gasteiger partial charge in [0, 0.05) is 17.1 Å². The van der Waals surface area contributed by atoms with E-state index in [2.05, 4.69) is 5.32 Å². The summed E-state index contributed by atoms with van der Waals surface area (Å²) in [6, 6.07) is 13.2. The van der Waals surface area contributed by atoms with E-state index in [4.69, 9.17) is 21.1 Å². The molecule has 1 N–H and O–H groups in total. The van der Waals surface area contributed by atoms with Crippen LogP contribution >= 0.6 is 11.6 Å². The molecule has 0 amide bonds. The van der Waals surface area contributed by atoms with E-state index >= 15 is 0 Å². The summed E-state index contributed by atoms with van der Waals surface area (Å²) in [6.07, 6.45) is 0. The molecule has 3 nitrogen and oxygen atoms in total. The van der Waals surface area contributed by atoms with Crippen LogP contribution in [0.2, 0.25) is 5.02 Å². The Labute approximate surface area is 124 Å². The van der Waals surface area contributed by atoms with Crippen LogP contribution in [0, 0.1) is 0 Å². The molecule has 4 heteroatoms. The van der Waals surface area contributed by atoms with Gasteiger partial charge in [-0.1, -0.05) is 29.8 Å². The van der Waals surface area contributed by atoms with E-state index in [1.165, 1.54) is 0 Å². The lowest BCUT2D eigenvalue weighted by Crippen LogP contribution is -2.07. The lowest BCUT2D eigenvalue weighted by molar-refractivity contribution is 0.321. The van der Waals surface area contributed by atoms with Crippen LogP contribution in [0.3, 0.4) is 0 Å². The molecular formula is C16H18ClNO2. The second-order valence-electron chi connectivity index (χ2n) is 4.23. The third-order valence-electron chi connectivity index (χ3n) is 2.80. The zero-order chi connectivity index (χ0) is 14.4. The number of hydrogen-bond acceptors (Lipinski definition) is 3. The summed E-state index contributed by atoms with van der Waals surface area (Å²) in [4.78, 5) is 0. The van der Waals surface area contributed by atoms with Gasteiger partial charge in [0.25, 0.3) is 0 Å². The van der Waals surface area contributed by atoms with Gasteiger partial charge in [-0.2, -0.15) is 0 Å². The molecule has 0 aliphatic rings. The maximum absolute atomic E-state index is 6.22. The van der Waals surface area contributed by atoms with E-state index in [-0.39, 0.29) is 0 Å². The summed E-state index contributed by atoms with van der Waals surface area (Å²) in [5.41, 5.74) is 0.933. The summed E-state index contributed by atoms with van der Waals surface area (Å²) in [6.45, 7) is 3.19. The van der Waals surface area contributed by atoms with E-state index in [1.54, 1.807) is 0 Å². The fourth-order valence-corrected chi connectivity index (χ4v) is 2.14. The van der Waals surface area contributed by atoms with Gasteiger partial charge in [0.15, 0.2) is 11.5 Å². The molecule has 2 rings (SSSR count). The van der Waals surface area contributed by atoms with Gasteiger partial charge in [-0.15, -0.1) is 0 Å². The first-order valence-corrected chi connectivity index (χ1v) is 6.95. The lowest BCUT2D eigenvalue weighted by Gasteiger charge is -2.15. The number of halogens is 1. The first-order valence-electron chi connectivity index (χ1n) is 6.58. The molecule has 20 heavy (non-hydrogen) atoms. The summed E-state index contributed by atoms with van der Waals surface area (Å²) in [7, 11) is 1.88. The van der Waals surface area contributed by atoms with Crippen LogP contribution in [0.25, 0.3) is 0 Å². The summed E-state index contributed by atoms with van der Waals surface area (Å²) >= 11 is 6.22. The predicted molar refractivity (Wildman–Crippen MR) is 81.9 cm³/mol. The Morgan fingerprint density at radius 2 is 1.70 bits per heavy atom. The van der Waals surface area contributed by atoms with Crippen molar-refractivity contribution in [3.63, 3.8) is 0 Å². The predicted octanol–water partition coefficient (Wildman–Crippen LogP) is 4.25. The Balaban J connectivity index is 2.32. The highest BCUT2D eigenvalue weighted by molar-refractivity contribution is 6.31. The summed E-state index contributed by atoms with van der Waals surface area (Å²) in [5.74, 6) is 2.15. The number of nitrogens with one attached hydrogen (secondary N) is 1. The molecule has 0 saturated heterocycles. The zero-order valence-electron chi connectivity index (χ0n) is 11.7. The Bertz CT molecular complexity index is 572. The molecule has 0 spiro atoms. The van der Waals surface area contributed by atoms with Crippen molar-refractivity contribution in [3.8, 4) is 17.2 Å². The van der Waals surface area contributed by atoms with Crippen molar-refractivity contribution in [1.29, 1.82) is 0 Å². The van der Waals surface area contributed by atoms with Crippen LogP contribution < -0.4 is 14.8 Å². The quantitative estimate of drug-likeness (QED) is 0.863. The van der Waals surface area contributed by atoms with E-state index in [0.717, 1.165) is 17.1 Å². The van der Waals surface area contributed by atoms with Gasteiger partial charge >= 0.3 is 0 Å². The number of benzene rings is 2. The Kier molecular flexibility index (Phi) is 5.27. The standard InChI is InChI=1S/C16H18ClNO2/c1-3-19-15-8-4-5-9-16(15)20-14-10-6-7-13(17)12(14)11-18-2/h4-10,18H,3,11H2,1-2H3. The highest BCUT2D eigenvalue weighted by Gasteiger charge is 2.11. The maximum Gasteiger partial charge on any atom is 0.169 e. The first kappa shape index (κ1) is 14.7. The summed E-state index contributed by atoms with van der Waals surface area (Å²) < 4.78 is 11.5. The Morgan fingerprint density at radius 3 is 2.40 bits per heavy atom. The van der Waals surface area contributed by atoms with Gasteiger partial charge in [0.2, 0.25) is 0 Å². The second kappa shape index (κ2) is 7.17. The molecule has 0 atom stereocenters. The molecule has 0 heterocycles. The molecular weight excluding hydrogens is 274 g/mol. The minimum Gasteiger partial charge on any atom is -0.490 e. The lowest BCUT2D eigenvalue weighted by atomic mass is 10.2. The largest absolute Gasteiger partial charge is 0.490 e. The Hall–Kier alpha value is -1.71. The van der Waals surface area contributed by atoms with Crippen LogP contribution in [0.1, 0.15) is 12.5 Å². The van der Waals surface area contributed by atoms with E-state index < -0.39 is 0 Å². The van der Waals surface area contributed by atoms with Gasteiger partial charge in [0.05, 0.1) is 6.61 Å². The molecule has 0 unspecified atom stereocenters. The second-order valence-corrected chi connectivity index (χ2v) is 4.64. The van der Waals surface area contributed by atoms with Crippen molar-refractivity contribution >= 4 is 11.6 Å². The van der Waals surface area contributed by atoms with Gasteiger partial charge in [-0.05, 0) is 38.2 Å². The maximum atomic E-state index is 6.22. The molecule has 2 aromatic carbocycles.